The number of hydrogen-bond acceptors (Lipinski definition) is 3. The molecule has 0 spiro atoms. The number of nitrogens with two attached hydrogens (primary N) is 1. The van der Waals surface area contributed by atoms with Gasteiger partial charge in [-0.15, -0.1) is 0 Å². The molecular weight excluding hydrogens is 176 g/mol. The van der Waals surface area contributed by atoms with Gasteiger partial charge in [0.25, 0.3) is 0 Å². The topological polar surface area (TPSA) is 59.1 Å². The van der Waals surface area contributed by atoms with E-state index in [2.05, 4.69) is 4.98 Å². The van der Waals surface area contributed by atoms with Gasteiger partial charge >= 0.3 is 0 Å². The summed E-state index contributed by atoms with van der Waals surface area (Å²) in [5.74, 6) is 0.671. The van der Waals surface area contributed by atoms with Crippen molar-refractivity contribution in [3.63, 3.8) is 0 Å². The predicted octanol–water partition coefficient (Wildman–Crippen LogP) is 1.67. The Balaban J connectivity index is 2.22. The van der Waals surface area contributed by atoms with Gasteiger partial charge in [0.1, 0.15) is 0 Å². The van der Waals surface area contributed by atoms with Gasteiger partial charge in [0.05, 0.1) is 5.60 Å². The average molecular weight is 192 g/mol. The summed E-state index contributed by atoms with van der Waals surface area (Å²) in [6, 6.07) is 1.73. The molecule has 0 radical (unpaired) electrons. The number of pyridine rings is 1. The highest BCUT2D eigenvalue weighted by Crippen LogP contribution is 2.41. The van der Waals surface area contributed by atoms with Crippen LogP contribution in [0.4, 0.5) is 5.69 Å². The van der Waals surface area contributed by atoms with Gasteiger partial charge in [0.15, 0.2) is 0 Å². The molecule has 0 saturated heterocycles. The molecule has 1 heterocycles. The minimum Gasteiger partial charge on any atom is -0.398 e. The SMILES string of the molecule is CC(O)(CC1CC1)c1cnccc1N. The maximum Gasteiger partial charge on any atom is 0.0906 e. The number of rotatable bonds is 3. The summed E-state index contributed by atoms with van der Waals surface area (Å²) in [5.41, 5.74) is 6.37. The first kappa shape index (κ1) is 9.46. The molecule has 0 amide bonds. The summed E-state index contributed by atoms with van der Waals surface area (Å²) in [6.45, 7) is 1.82. The third kappa shape index (κ3) is 1.87. The third-order valence-electron chi connectivity index (χ3n) is 2.82. The lowest BCUT2D eigenvalue weighted by Crippen LogP contribution is -2.23. The Labute approximate surface area is 84.0 Å². The van der Waals surface area contributed by atoms with E-state index >= 15 is 0 Å². The second-order valence-electron chi connectivity index (χ2n) is 4.38. The van der Waals surface area contributed by atoms with Gasteiger partial charge in [-0.3, -0.25) is 4.98 Å². The van der Waals surface area contributed by atoms with E-state index in [-0.39, 0.29) is 0 Å². The molecule has 1 aliphatic rings. The molecule has 1 saturated carbocycles. The number of nitrogen functional groups attached to an aromatic ring is 1. The Morgan fingerprint density at radius 1 is 1.64 bits per heavy atom. The normalized spacial score (nSPS) is 20.4. The van der Waals surface area contributed by atoms with Crippen molar-refractivity contribution in [2.75, 3.05) is 5.73 Å². The summed E-state index contributed by atoms with van der Waals surface area (Å²) < 4.78 is 0. The molecule has 3 N–H and O–H groups in total. The molecule has 0 aromatic carbocycles. The highest BCUT2D eigenvalue weighted by atomic mass is 16.3. The zero-order valence-corrected chi connectivity index (χ0v) is 8.40. The molecule has 0 aliphatic heterocycles. The highest BCUT2D eigenvalue weighted by molar-refractivity contribution is 5.47. The Morgan fingerprint density at radius 2 is 2.36 bits per heavy atom. The van der Waals surface area contributed by atoms with Crippen molar-refractivity contribution in [2.24, 2.45) is 5.92 Å². The number of nitrogens with zero attached hydrogens (tertiary/aromatic N) is 1. The zero-order valence-electron chi connectivity index (χ0n) is 8.40. The van der Waals surface area contributed by atoms with Crippen LogP contribution in [0.25, 0.3) is 0 Å². The Morgan fingerprint density at radius 3 is 2.93 bits per heavy atom. The summed E-state index contributed by atoms with van der Waals surface area (Å²) in [4.78, 5) is 4.00. The molecule has 1 aromatic heterocycles. The monoisotopic (exact) mass is 192 g/mol. The largest absolute Gasteiger partial charge is 0.398 e. The Bertz CT molecular complexity index is 332. The smallest absolute Gasteiger partial charge is 0.0906 e. The van der Waals surface area contributed by atoms with E-state index in [0.717, 1.165) is 12.0 Å². The molecule has 3 nitrogen and oxygen atoms in total. The first-order chi connectivity index (χ1) is 6.59. The molecule has 1 atom stereocenters. The fourth-order valence-electron chi connectivity index (χ4n) is 1.85. The van der Waals surface area contributed by atoms with Gasteiger partial charge in [-0.05, 0) is 25.3 Å². The fourth-order valence-corrected chi connectivity index (χ4v) is 1.85. The lowest BCUT2D eigenvalue weighted by molar-refractivity contribution is 0.0422. The van der Waals surface area contributed by atoms with Gasteiger partial charge < -0.3 is 10.8 Å². The molecule has 1 aliphatic carbocycles. The number of hydrogen-bond donors (Lipinski definition) is 2. The summed E-state index contributed by atoms with van der Waals surface area (Å²) in [5, 5.41) is 10.3. The van der Waals surface area contributed by atoms with Crippen molar-refractivity contribution in [1.82, 2.24) is 4.98 Å². The maximum absolute atomic E-state index is 10.3. The molecule has 1 unspecified atom stereocenters. The second kappa shape index (κ2) is 3.24. The molecule has 0 bridgehead atoms. The van der Waals surface area contributed by atoms with Crippen molar-refractivity contribution in [2.45, 2.75) is 31.8 Å². The first-order valence-corrected chi connectivity index (χ1v) is 5.02. The van der Waals surface area contributed by atoms with Crippen molar-refractivity contribution in [3.8, 4) is 0 Å². The van der Waals surface area contributed by atoms with E-state index < -0.39 is 5.60 Å². The molecule has 2 rings (SSSR count). The third-order valence-corrected chi connectivity index (χ3v) is 2.82. The maximum atomic E-state index is 10.3. The van der Waals surface area contributed by atoms with Crippen molar-refractivity contribution < 1.29 is 5.11 Å². The number of anilines is 1. The van der Waals surface area contributed by atoms with E-state index in [0.29, 0.717) is 11.6 Å². The number of aliphatic hydroxyl groups is 1. The van der Waals surface area contributed by atoms with Gasteiger partial charge in [-0.2, -0.15) is 0 Å². The van der Waals surface area contributed by atoms with Crippen molar-refractivity contribution >= 4 is 5.69 Å². The standard InChI is InChI=1S/C11H16N2O/c1-11(14,6-8-2-3-8)9-7-13-5-4-10(9)12/h4-5,7-8,14H,2-3,6H2,1H3,(H2,12,13). The van der Waals surface area contributed by atoms with Gasteiger partial charge in [0.2, 0.25) is 0 Å². The van der Waals surface area contributed by atoms with E-state index in [4.69, 9.17) is 5.73 Å². The minimum atomic E-state index is -0.820. The fraction of sp³-hybridized carbons (Fsp3) is 0.545. The van der Waals surface area contributed by atoms with Crippen LogP contribution < -0.4 is 5.73 Å². The molecular formula is C11H16N2O. The summed E-state index contributed by atoms with van der Waals surface area (Å²) >= 11 is 0. The molecule has 1 aromatic rings. The summed E-state index contributed by atoms with van der Waals surface area (Å²) in [7, 11) is 0. The van der Waals surface area contributed by atoms with Crippen LogP contribution in [0, 0.1) is 5.92 Å². The zero-order chi connectivity index (χ0) is 10.2. The lowest BCUT2D eigenvalue weighted by Gasteiger charge is -2.24. The van der Waals surface area contributed by atoms with Gasteiger partial charge in [-0.25, -0.2) is 0 Å². The van der Waals surface area contributed by atoms with E-state index in [1.807, 2.05) is 6.92 Å². The van der Waals surface area contributed by atoms with Crippen LogP contribution >= 0.6 is 0 Å². The minimum absolute atomic E-state index is 0.630. The average Bonchev–Trinajstić information content (AvgIpc) is 2.88. The van der Waals surface area contributed by atoms with Gasteiger partial charge in [0, 0.05) is 23.6 Å². The van der Waals surface area contributed by atoms with Crippen LogP contribution in [0.15, 0.2) is 18.5 Å². The second-order valence-corrected chi connectivity index (χ2v) is 4.38. The van der Waals surface area contributed by atoms with Crippen molar-refractivity contribution in [1.29, 1.82) is 0 Å². The van der Waals surface area contributed by atoms with Crippen LogP contribution in [-0.4, -0.2) is 10.1 Å². The quantitative estimate of drug-likeness (QED) is 0.765. The molecule has 1 fully saturated rings. The van der Waals surface area contributed by atoms with E-state index in [9.17, 15) is 5.11 Å². The van der Waals surface area contributed by atoms with Crippen LogP contribution in [0.2, 0.25) is 0 Å². The predicted molar refractivity (Wildman–Crippen MR) is 55.6 cm³/mol. The lowest BCUT2D eigenvalue weighted by atomic mass is 9.90. The first-order valence-electron chi connectivity index (χ1n) is 5.02. The molecule has 14 heavy (non-hydrogen) atoms. The number of aromatic nitrogens is 1. The Hall–Kier alpha value is -1.09. The Kier molecular flexibility index (Phi) is 2.19. The molecule has 76 valence electrons. The molecule has 3 heteroatoms. The van der Waals surface area contributed by atoms with E-state index in [1.54, 1.807) is 18.5 Å². The van der Waals surface area contributed by atoms with Gasteiger partial charge in [-0.1, -0.05) is 12.8 Å². The van der Waals surface area contributed by atoms with Crippen LogP contribution in [0.1, 0.15) is 31.7 Å². The van der Waals surface area contributed by atoms with Crippen molar-refractivity contribution in [3.05, 3.63) is 24.0 Å². The van der Waals surface area contributed by atoms with Crippen LogP contribution in [-0.2, 0) is 5.60 Å². The van der Waals surface area contributed by atoms with Crippen LogP contribution in [0.5, 0.6) is 0 Å². The van der Waals surface area contributed by atoms with Crippen LogP contribution in [0.3, 0.4) is 0 Å². The highest BCUT2D eigenvalue weighted by Gasteiger charge is 2.34. The summed E-state index contributed by atoms with van der Waals surface area (Å²) in [6.07, 6.45) is 6.57. The van der Waals surface area contributed by atoms with E-state index in [1.165, 1.54) is 12.8 Å².